The van der Waals surface area contributed by atoms with Gasteiger partial charge in [0.25, 0.3) is 0 Å². The lowest BCUT2D eigenvalue weighted by Crippen LogP contribution is -2.51. The number of anilines is 1. The lowest BCUT2D eigenvalue weighted by molar-refractivity contribution is -0.384. The van der Waals surface area contributed by atoms with E-state index in [4.69, 9.17) is 0 Å². The summed E-state index contributed by atoms with van der Waals surface area (Å²) in [7, 11) is 1.57. The Morgan fingerprint density at radius 2 is 2.11 bits per heavy atom. The molecule has 0 aliphatic rings. The summed E-state index contributed by atoms with van der Waals surface area (Å²) in [6.45, 7) is 6.61. The molecule has 0 aromatic carbocycles. The molecule has 19 heavy (non-hydrogen) atoms. The third-order valence-corrected chi connectivity index (χ3v) is 3.11. The number of nitrogens with zero attached hydrogens (tertiary/aromatic N) is 4. The lowest BCUT2D eigenvalue weighted by atomic mass is 10.0. The first-order chi connectivity index (χ1) is 8.64. The Balaban J connectivity index is 3.50. The van der Waals surface area contributed by atoms with Crippen LogP contribution in [0.1, 0.15) is 26.5 Å². The van der Waals surface area contributed by atoms with Crippen molar-refractivity contribution in [1.82, 2.24) is 9.78 Å². The number of aryl methyl sites for hydroxylation is 2. The summed E-state index contributed by atoms with van der Waals surface area (Å²) in [4.78, 5) is 23.4. The van der Waals surface area contributed by atoms with Gasteiger partial charge in [-0.15, -0.1) is 0 Å². The van der Waals surface area contributed by atoms with E-state index in [1.807, 2.05) is 0 Å². The van der Waals surface area contributed by atoms with Crippen molar-refractivity contribution in [1.29, 1.82) is 0 Å². The molecule has 1 heterocycles. The normalized spacial score (nSPS) is 11.4. The standard InChI is InChI=1S/C11H18N4O4/c1-6-14(11(3,4)10(16)17)9-8(15(18)19)7(2)12-13(9)5/h6H2,1-5H3,(H,16,17). The molecule has 1 N–H and O–H groups in total. The second-order valence-corrected chi connectivity index (χ2v) is 4.75. The highest BCUT2D eigenvalue weighted by atomic mass is 16.6. The maximum Gasteiger partial charge on any atom is 0.333 e. The van der Waals surface area contributed by atoms with Crippen LogP contribution >= 0.6 is 0 Å². The smallest absolute Gasteiger partial charge is 0.333 e. The Labute approximate surface area is 110 Å². The van der Waals surface area contributed by atoms with Crippen LogP contribution < -0.4 is 4.90 Å². The lowest BCUT2D eigenvalue weighted by Gasteiger charge is -2.35. The Morgan fingerprint density at radius 1 is 1.58 bits per heavy atom. The van der Waals surface area contributed by atoms with Gasteiger partial charge in [-0.2, -0.15) is 5.10 Å². The Hall–Kier alpha value is -2.12. The van der Waals surface area contributed by atoms with Gasteiger partial charge in [0.15, 0.2) is 0 Å². The van der Waals surface area contributed by atoms with Gasteiger partial charge in [-0.25, -0.2) is 9.48 Å². The van der Waals surface area contributed by atoms with Crippen molar-refractivity contribution in [3.63, 3.8) is 0 Å². The Kier molecular flexibility index (Phi) is 3.83. The van der Waals surface area contributed by atoms with E-state index in [1.165, 1.54) is 30.4 Å². The maximum absolute atomic E-state index is 11.4. The van der Waals surface area contributed by atoms with Crippen molar-refractivity contribution in [3.8, 4) is 0 Å². The predicted molar refractivity (Wildman–Crippen MR) is 69.3 cm³/mol. The molecular formula is C11H18N4O4. The van der Waals surface area contributed by atoms with Crippen LogP contribution in [-0.2, 0) is 11.8 Å². The summed E-state index contributed by atoms with van der Waals surface area (Å²) in [6, 6.07) is 0. The molecular weight excluding hydrogens is 252 g/mol. The SMILES string of the molecule is CCN(c1c([N+](=O)[O-])c(C)nn1C)C(C)(C)C(=O)O. The number of hydrogen-bond donors (Lipinski definition) is 1. The molecule has 0 atom stereocenters. The van der Waals surface area contributed by atoms with Crippen LogP contribution in [0.3, 0.4) is 0 Å². The molecule has 1 aromatic heterocycles. The van der Waals surface area contributed by atoms with E-state index in [1.54, 1.807) is 14.0 Å². The first kappa shape index (κ1) is 14.9. The minimum Gasteiger partial charge on any atom is -0.480 e. The van der Waals surface area contributed by atoms with Crippen molar-refractivity contribution >= 4 is 17.5 Å². The number of rotatable bonds is 5. The zero-order valence-corrected chi connectivity index (χ0v) is 11.7. The van der Waals surface area contributed by atoms with Gasteiger partial charge < -0.3 is 10.0 Å². The quantitative estimate of drug-likeness (QED) is 0.639. The van der Waals surface area contributed by atoms with Gasteiger partial charge in [0.1, 0.15) is 11.2 Å². The zero-order valence-electron chi connectivity index (χ0n) is 11.7. The summed E-state index contributed by atoms with van der Waals surface area (Å²) >= 11 is 0. The second kappa shape index (κ2) is 4.87. The van der Waals surface area contributed by atoms with Gasteiger partial charge in [0.05, 0.1) is 4.92 Å². The molecule has 0 aliphatic heterocycles. The average Bonchev–Trinajstić information content (AvgIpc) is 2.54. The Bertz CT molecular complexity index is 521. The molecule has 0 saturated heterocycles. The van der Waals surface area contributed by atoms with Crippen molar-refractivity contribution in [2.45, 2.75) is 33.2 Å². The summed E-state index contributed by atoms with van der Waals surface area (Å²) in [5, 5.41) is 24.5. The highest BCUT2D eigenvalue weighted by molar-refractivity contribution is 5.83. The third-order valence-electron chi connectivity index (χ3n) is 3.11. The summed E-state index contributed by atoms with van der Waals surface area (Å²) in [5.74, 6) is -0.847. The fraction of sp³-hybridized carbons (Fsp3) is 0.636. The number of carboxylic acids is 1. The van der Waals surface area contributed by atoms with E-state index in [2.05, 4.69) is 5.10 Å². The van der Waals surface area contributed by atoms with Gasteiger partial charge in [0, 0.05) is 13.6 Å². The molecule has 0 bridgehead atoms. The first-order valence-electron chi connectivity index (χ1n) is 5.83. The maximum atomic E-state index is 11.4. The van der Waals surface area contributed by atoms with Crippen LogP contribution in [0, 0.1) is 17.0 Å². The highest BCUT2D eigenvalue weighted by Crippen LogP contribution is 2.34. The number of likely N-dealkylation sites (N-methyl/N-ethyl adjacent to an activating group) is 1. The predicted octanol–water partition coefficient (Wildman–Crippen LogP) is 1.33. The monoisotopic (exact) mass is 270 g/mol. The number of nitro groups is 1. The van der Waals surface area contributed by atoms with E-state index in [0.717, 1.165) is 0 Å². The van der Waals surface area contributed by atoms with Crippen LogP contribution in [0.25, 0.3) is 0 Å². The van der Waals surface area contributed by atoms with Crippen LogP contribution in [0.4, 0.5) is 11.5 Å². The summed E-state index contributed by atoms with van der Waals surface area (Å²) < 4.78 is 1.35. The largest absolute Gasteiger partial charge is 0.480 e. The van der Waals surface area contributed by atoms with E-state index in [0.29, 0.717) is 6.54 Å². The van der Waals surface area contributed by atoms with Gasteiger partial charge in [0.2, 0.25) is 5.82 Å². The fourth-order valence-electron chi connectivity index (χ4n) is 2.08. The fourth-order valence-corrected chi connectivity index (χ4v) is 2.08. The van der Waals surface area contributed by atoms with Crippen molar-refractivity contribution in [3.05, 3.63) is 15.8 Å². The van der Waals surface area contributed by atoms with Crippen molar-refractivity contribution < 1.29 is 14.8 Å². The summed E-state index contributed by atoms with van der Waals surface area (Å²) in [6.07, 6.45) is 0. The topological polar surface area (TPSA) is 101 Å². The molecule has 0 radical (unpaired) electrons. The van der Waals surface area contributed by atoms with Gasteiger partial charge in [-0.05, 0) is 27.7 Å². The van der Waals surface area contributed by atoms with Gasteiger partial charge in [-0.3, -0.25) is 10.1 Å². The van der Waals surface area contributed by atoms with E-state index >= 15 is 0 Å². The number of aromatic nitrogens is 2. The molecule has 0 spiro atoms. The highest BCUT2D eigenvalue weighted by Gasteiger charge is 2.40. The molecule has 8 heteroatoms. The van der Waals surface area contributed by atoms with Gasteiger partial charge in [-0.1, -0.05) is 0 Å². The van der Waals surface area contributed by atoms with Crippen LogP contribution in [0.2, 0.25) is 0 Å². The number of aliphatic carboxylic acids is 1. The molecule has 0 aliphatic carbocycles. The minimum atomic E-state index is -1.26. The number of hydrogen-bond acceptors (Lipinski definition) is 5. The first-order valence-corrected chi connectivity index (χ1v) is 5.83. The molecule has 1 rings (SSSR count). The van der Waals surface area contributed by atoms with Crippen molar-refractivity contribution in [2.24, 2.45) is 7.05 Å². The van der Waals surface area contributed by atoms with Gasteiger partial charge >= 0.3 is 11.7 Å². The second-order valence-electron chi connectivity index (χ2n) is 4.75. The molecule has 0 saturated carbocycles. The van der Waals surface area contributed by atoms with Crippen LogP contribution in [0.5, 0.6) is 0 Å². The molecule has 0 fully saturated rings. The minimum absolute atomic E-state index is 0.154. The molecule has 0 unspecified atom stereocenters. The molecule has 106 valence electrons. The number of carbonyl (C=O) groups is 1. The van der Waals surface area contributed by atoms with E-state index in [9.17, 15) is 20.0 Å². The van der Waals surface area contributed by atoms with E-state index < -0.39 is 16.4 Å². The third kappa shape index (κ3) is 2.38. The zero-order chi connectivity index (χ0) is 15.0. The molecule has 8 nitrogen and oxygen atoms in total. The Morgan fingerprint density at radius 3 is 2.47 bits per heavy atom. The van der Waals surface area contributed by atoms with Crippen LogP contribution in [0.15, 0.2) is 0 Å². The van der Waals surface area contributed by atoms with Crippen molar-refractivity contribution in [2.75, 3.05) is 11.4 Å². The molecule has 1 aromatic rings. The average molecular weight is 270 g/mol. The van der Waals surface area contributed by atoms with E-state index in [-0.39, 0.29) is 17.2 Å². The molecule has 0 amide bonds. The number of carboxylic acid groups (broad SMARTS) is 1. The van der Waals surface area contributed by atoms with Crippen LogP contribution in [-0.4, -0.2) is 37.9 Å². The summed E-state index contributed by atoms with van der Waals surface area (Å²) in [5.41, 5.74) is -1.15.